The van der Waals surface area contributed by atoms with E-state index in [1.807, 2.05) is 19.1 Å². The highest BCUT2D eigenvalue weighted by molar-refractivity contribution is 7.99. The Morgan fingerprint density at radius 3 is 2.27 bits per heavy atom. The van der Waals surface area contributed by atoms with Crippen LogP contribution in [0.5, 0.6) is 0 Å². The molecule has 0 aliphatic rings. The first-order chi connectivity index (χ1) is 6.89. The highest BCUT2D eigenvalue weighted by Crippen LogP contribution is 2.25. The normalized spacial score (nSPS) is 13.9. The molecule has 0 amide bonds. The molecule has 0 saturated heterocycles. The molecule has 1 atom stereocenters. The molecule has 84 valence electrons. The molecule has 0 aliphatic heterocycles. The van der Waals surface area contributed by atoms with E-state index in [-0.39, 0.29) is 5.75 Å². The quantitative estimate of drug-likeness (QED) is 0.815. The van der Waals surface area contributed by atoms with Crippen molar-refractivity contribution in [1.82, 2.24) is 0 Å². The third kappa shape index (κ3) is 4.13. The van der Waals surface area contributed by atoms with Crippen LogP contribution in [0.15, 0.2) is 29.2 Å². The Hall–Kier alpha value is -0.680. The van der Waals surface area contributed by atoms with Crippen LogP contribution >= 0.6 is 11.8 Å². The van der Waals surface area contributed by atoms with Crippen molar-refractivity contribution in [2.45, 2.75) is 24.0 Å². The number of aryl methyl sites for hydroxylation is 1. The minimum atomic E-state index is -4.31. The van der Waals surface area contributed by atoms with Gasteiger partial charge in [-0.05, 0) is 19.1 Å². The first-order valence-electron chi connectivity index (χ1n) is 4.41. The van der Waals surface area contributed by atoms with Gasteiger partial charge in [0.1, 0.15) is 6.04 Å². The summed E-state index contributed by atoms with van der Waals surface area (Å²) in [5.74, 6) is -0.146. The van der Waals surface area contributed by atoms with Gasteiger partial charge in [-0.1, -0.05) is 17.7 Å². The zero-order valence-electron chi connectivity index (χ0n) is 8.21. The van der Waals surface area contributed by atoms with E-state index in [2.05, 4.69) is 0 Å². The molecule has 1 rings (SSSR count). The Balaban J connectivity index is 2.47. The van der Waals surface area contributed by atoms with E-state index in [0.29, 0.717) is 0 Å². The lowest BCUT2D eigenvalue weighted by Gasteiger charge is -2.14. The number of nitrogens with two attached hydrogens (primary N) is 1. The van der Waals surface area contributed by atoms with Gasteiger partial charge in [-0.15, -0.1) is 11.8 Å². The largest absolute Gasteiger partial charge is 0.404 e. The maximum atomic E-state index is 12.1. The molecule has 15 heavy (non-hydrogen) atoms. The predicted molar refractivity (Wildman–Crippen MR) is 55.9 cm³/mol. The Morgan fingerprint density at radius 2 is 1.80 bits per heavy atom. The van der Waals surface area contributed by atoms with Crippen LogP contribution in [0, 0.1) is 6.92 Å². The highest BCUT2D eigenvalue weighted by atomic mass is 32.2. The maximum absolute atomic E-state index is 12.1. The molecule has 0 aromatic heterocycles. The van der Waals surface area contributed by atoms with Gasteiger partial charge >= 0.3 is 6.18 Å². The molecule has 0 heterocycles. The molecule has 1 nitrogen and oxygen atoms in total. The first-order valence-corrected chi connectivity index (χ1v) is 5.40. The van der Waals surface area contributed by atoms with Crippen molar-refractivity contribution in [3.8, 4) is 0 Å². The van der Waals surface area contributed by atoms with Gasteiger partial charge in [-0.3, -0.25) is 0 Å². The summed E-state index contributed by atoms with van der Waals surface area (Å²) in [6.45, 7) is 1.93. The number of halogens is 3. The number of rotatable bonds is 3. The van der Waals surface area contributed by atoms with E-state index >= 15 is 0 Å². The third-order valence-electron chi connectivity index (χ3n) is 1.87. The highest BCUT2D eigenvalue weighted by Gasteiger charge is 2.36. The molecule has 5 heteroatoms. The van der Waals surface area contributed by atoms with Crippen LogP contribution in [0.4, 0.5) is 13.2 Å². The van der Waals surface area contributed by atoms with Crippen molar-refractivity contribution in [1.29, 1.82) is 0 Å². The topological polar surface area (TPSA) is 26.0 Å². The minimum Gasteiger partial charge on any atom is -0.319 e. The smallest absolute Gasteiger partial charge is 0.319 e. The van der Waals surface area contributed by atoms with E-state index in [9.17, 15) is 13.2 Å². The van der Waals surface area contributed by atoms with Gasteiger partial charge in [-0.2, -0.15) is 13.2 Å². The maximum Gasteiger partial charge on any atom is 0.404 e. The summed E-state index contributed by atoms with van der Waals surface area (Å²) < 4.78 is 36.2. The van der Waals surface area contributed by atoms with E-state index in [0.717, 1.165) is 22.2 Å². The number of hydrogen-bond acceptors (Lipinski definition) is 2. The first kappa shape index (κ1) is 12.4. The van der Waals surface area contributed by atoms with Crippen LogP contribution in [0.3, 0.4) is 0 Å². The number of alkyl halides is 3. The molecule has 1 aromatic rings. The standard InChI is InChI=1S/C10H12F3NS/c1-7-2-4-8(5-3-7)15-6-9(14)10(11,12)13/h2-5,9H,6,14H2,1H3/t9-/m1/s1. The fourth-order valence-electron chi connectivity index (χ4n) is 0.915. The molecule has 0 unspecified atom stereocenters. The van der Waals surface area contributed by atoms with Crippen LogP contribution in [0.25, 0.3) is 0 Å². The van der Waals surface area contributed by atoms with E-state index in [1.165, 1.54) is 0 Å². The van der Waals surface area contributed by atoms with Crippen molar-refractivity contribution in [3.63, 3.8) is 0 Å². The molecule has 0 bridgehead atoms. The van der Waals surface area contributed by atoms with Crippen molar-refractivity contribution in [2.75, 3.05) is 5.75 Å². The van der Waals surface area contributed by atoms with Gasteiger partial charge in [0.25, 0.3) is 0 Å². The second kappa shape index (κ2) is 4.90. The lowest BCUT2D eigenvalue weighted by molar-refractivity contribution is -0.142. The fourth-order valence-corrected chi connectivity index (χ4v) is 1.80. The van der Waals surface area contributed by atoms with Crippen LogP contribution in [0.2, 0.25) is 0 Å². The zero-order chi connectivity index (χ0) is 11.5. The molecule has 0 aliphatic carbocycles. The van der Waals surface area contributed by atoms with Crippen molar-refractivity contribution in [2.24, 2.45) is 5.73 Å². The van der Waals surface area contributed by atoms with Gasteiger partial charge in [0.2, 0.25) is 0 Å². The third-order valence-corrected chi connectivity index (χ3v) is 3.00. The molecule has 0 fully saturated rings. The van der Waals surface area contributed by atoms with Crippen LogP contribution < -0.4 is 5.73 Å². The van der Waals surface area contributed by atoms with E-state index < -0.39 is 12.2 Å². The molecule has 1 aromatic carbocycles. The van der Waals surface area contributed by atoms with Crippen LogP contribution in [-0.4, -0.2) is 18.0 Å². The van der Waals surface area contributed by atoms with Crippen molar-refractivity contribution >= 4 is 11.8 Å². The summed E-state index contributed by atoms with van der Waals surface area (Å²) in [5.41, 5.74) is 6.07. The van der Waals surface area contributed by atoms with Gasteiger partial charge < -0.3 is 5.73 Å². The lowest BCUT2D eigenvalue weighted by atomic mass is 10.2. The number of hydrogen-bond donors (Lipinski definition) is 1. The summed E-state index contributed by atoms with van der Waals surface area (Å²) in [7, 11) is 0. The van der Waals surface area contributed by atoms with Crippen molar-refractivity contribution < 1.29 is 13.2 Å². The van der Waals surface area contributed by atoms with Crippen LogP contribution in [-0.2, 0) is 0 Å². The molecular formula is C10H12F3NS. The van der Waals surface area contributed by atoms with E-state index in [4.69, 9.17) is 5.73 Å². The summed E-state index contributed by atoms with van der Waals surface area (Å²) in [6.07, 6.45) is -4.31. The Labute approximate surface area is 90.9 Å². The van der Waals surface area contributed by atoms with E-state index in [1.54, 1.807) is 12.1 Å². The molecule has 0 saturated carbocycles. The van der Waals surface area contributed by atoms with Gasteiger partial charge in [0.05, 0.1) is 0 Å². The summed E-state index contributed by atoms with van der Waals surface area (Å²) in [5, 5.41) is 0. The average molecular weight is 235 g/mol. The monoisotopic (exact) mass is 235 g/mol. The van der Waals surface area contributed by atoms with Crippen LogP contribution in [0.1, 0.15) is 5.56 Å². The van der Waals surface area contributed by atoms with Gasteiger partial charge in [0, 0.05) is 10.6 Å². The van der Waals surface area contributed by atoms with Gasteiger partial charge in [-0.25, -0.2) is 0 Å². The van der Waals surface area contributed by atoms with Crippen molar-refractivity contribution in [3.05, 3.63) is 29.8 Å². The second-order valence-electron chi connectivity index (χ2n) is 3.27. The molecule has 0 spiro atoms. The second-order valence-corrected chi connectivity index (χ2v) is 4.37. The molecule has 0 radical (unpaired) electrons. The molecule has 2 N–H and O–H groups in total. The summed E-state index contributed by atoms with van der Waals surface area (Å²) >= 11 is 1.12. The SMILES string of the molecule is Cc1ccc(SC[C@@H](N)C(F)(F)F)cc1. The fraction of sp³-hybridized carbons (Fsp3) is 0.400. The Bertz CT molecular complexity index is 307. The number of benzene rings is 1. The van der Waals surface area contributed by atoms with Gasteiger partial charge in [0.15, 0.2) is 0 Å². The summed E-state index contributed by atoms with van der Waals surface area (Å²) in [6, 6.07) is 5.55. The zero-order valence-corrected chi connectivity index (χ0v) is 9.03. The predicted octanol–water partition coefficient (Wildman–Crippen LogP) is 2.98. The summed E-state index contributed by atoms with van der Waals surface area (Å²) in [4.78, 5) is 0.806. The minimum absolute atomic E-state index is 0.146. The number of thioether (sulfide) groups is 1. The molecular weight excluding hydrogens is 223 g/mol. The Kier molecular flexibility index (Phi) is 4.04. The Morgan fingerprint density at radius 1 is 1.27 bits per heavy atom. The lowest BCUT2D eigenvalue weighted by Crippen LogP contribution is -2.39. The average Bonchev–Trinajstić information content (AvgIpc) is 2.15.